The van der Waals surface area contributed by atoms with Gasteiger partial charge in [-0.15, -0.1) is 11.3 Å². The quantitative estimate of drug-likeness (QED) is 0.472. The Morgan fingerprint density at radius 1 is 1.00 bits per heavy atom. The predicted octanol–water partition coefficient (Wildman–Crippen LogP) is 5.13. The maximum atomic E-state index is 5.54. The van der Waals surface area contributed by atoms with Gasteiger partial charge >= 0.3 is 0 Å². The number of hydrogen-bond acceptors (Lipinski definition) is 5. The summed E-state index contributed by atoms with van der Waals surface area (Å²) in [5, 5.41) is 6.54. The minimum atomic E-state index is 0.672. The first-order valence-corrected chi connectivity index (χ1v) is 9.03. The highest BCUT2D eigenvalue weighted by molar-refractivity contribution is 7.07. The molecule has 3 heterocycles. The molecule has 0 spiro atoms. The minimum absolute atomic E-state index is 0.672. The van der Waals surface area contributed by atoms with Gasteiger partial charge in [-0.05, 0) is 61.4 Å². The summed E-state index contributed by atoms with van der Waals surface area (Å²) in [5.74, 6) is 1.41. The number of thiazole rings is 1. The largest absolute Gasteiger partial charge is 0.463 e. The third-order valence-electron chi connectivity index (χ3n) is 4.02. The zero-order valence-electron chi connectivity index (χ0n) is 14.4. The van der Waals surface area contributed by atoms with E-state index in [1.165, 1.54) is 22.5 Å². The maximum absolute atomic E-state index is 5.54. The summed E-state index contributed by atoms with van der Waals surface area (Å²) in [5.41, 5.74) is 4.18. The van der Waals surface area contributed by atoms with Crippen molar-refractivity contribution in [3.05, 3.63) is 82.1 Å². The van der Waals surface area contributed by atoms with Crippen LogP contribution in [0, 0.1) is 13.8 Å². The Kier molecular flexibility index (Phi) is 4.41. The second-order valence-corrected chi connectivity index (χ2v) is 6.67. The Morgan fingerprint density at radius 3 is 2.58 bits per heavy atom. The summed E-state index contributed by atoms with van der Waals surface area (Å²) in [7, 11) is 0. The van der Waals surface area contributed by atoms with Crippen molar-refractivity contribution in [2.75, 3.05) is 0 Å². The van der Waals surface area contributed by atoms with Gasteiger partial charge in [-0.25, -0.2) is 9.67 Å². The van der Waals surface area contributed by atoms with Crippen LogP contribution in [0.2, 0.25) is 0 Å². The van der Waals surface area contributed by atoms with Gasteiger partial charge in [0, 0.05) is 5.38 Å². The Balaban J connectivity index is 1.83. The molecule has 0 N–H and O–H groups in total. The zero-order valence-corrected chi connectivity index (χ0v) is 15.2. The zero-order chi connectivity index (χ0) is 17.9. The summed E-state index contributed by atoms with van der Waals surface area (Å²) in [6, 6.07) is 13.6. The lowest BCUT2D eigenvalue weighted by Crippen LogP contribution is -2.11. The van der Waals surface area contributed by atoms with Crippen molar-refractivity contribution in [3.63, 3.8) is 0 Å². The van der Waals surface area contributed by atoms with E-state index in [-0.39, 0.29) is 0 Å². The summed E-state index contributed by atoms with van der Waals surface area (Å²) < 4.78 is 12.6. The average Bonchev–Trinajstić information content (AvgIpc) is 3.37. The molecular weight excluding hydrogens is 346 g/mol. The number of nitrogens with zero attached hydrogens (tertiary/aromatic N) is 3. The van der Waals surface area contributed by atoms with Crippen LogP contribution in [0.4, 0.5) is 5.69 Å². The van der Waals surface area contributed by atoms with Gasteiger partial charge < -0.3 is 8.83 Å². The number of aryl methyl sites for hydroxylation is 2. The molecule has 0 radical (unpaired) electrons. The molecular formula is C20H17N3O2S. The molecule has 130 valence electrons. The van der Waals surface area contributed by atoms with E-state index in [1.807, 2.05) is 35.7 Å². The van der Waals surface area contributed by atoms with E-state index in [1.54, 1.807) is 23.4 Å². The average molecular weight is 363 g/mol. The molecule has 4 rings (SSSR count). The fourth-order valence-electron chi connectivity index (χ4n) is 2.47. The van der Waals surface area contributed by atoms with Crippen molar-refractivity contribution in [2.24, 2.45) is 10.1 Å². The smallest absolute Gasteiger partial charge is 0.211 e. The fourth-order valence-corrected chi connectivity index (χ4v) is 3.30. The fraction of sp³-hybridized carbons (Fsp3) is 0.100. The first-order valence-electron chi connectivity index (χ1n) is 8.15. The maximum Gasteiger partial charge on any atom is 0.211 e. The molecule has 26 heavy (non-hydrogen) atoms. The third kappa shape index (κ3) is 3.32. The van der Waals surface area contributed by atoms with Gasteiger partial charge in [0.05, 0.1) is 24.4 Å². The lowest BCUT2D eigenvalue weighted by atomic mass is 10.1. The highest BCUT2D eigenvalue weighted by Gasteiger charge is 2.10. The molecule has 0 unspecified atom stereocenters. The van der Waals surface area contributed by atoms with Crippen molar-refractivity contribution in [1.82, 2.24) is 4.68 Å². The Morgan fingerprint density at radius 2 is 1.85 bits per heavy atom. The standard InChI is InChI=1S/C20H17N3O2S/c1-14-7-8-16(11-15(14)2)22-20-23(21-12-17-5-3-9-24-17)18(13-26-20)19-6-4-10-25-19/h3-13H,1-2H3. The minimum Gasteiger partial charge on any atom is -0.463 e. The van der Waals surface area contributed by atoms with E-state index in [0.29, 0.717) is 5.76 Å². The molecule has 0 aliphatic heterocycles. The van der Waals surface area contributed by atoms with Crippen LogP contribution in [0.3, 0.4) is 0 Å². The molecule has 4 aromatic rings. The van der Waals surface area contributed by atoms with Gasteiger partial charge in [-0.3, -0.25) is 0 Å². The molecule has 0 aliphatic rings. The second kappa shape index (κ2) is 7.01. The SMILES string of the molecule is Cc1ccc(N=c2scc(-c3ccco3)n2N=Cc2ccco2)cc1C. The summed E-state index contributed by atoms with van der Waals surface area (Å²) >= 11 is 1.51. The monoisotopic (exact) mass is 363 g/mol. The third-order valence-corrected chi connectivity index (χ3v) is 4.83. The second-order valence-electron chi connectivity index (χ2n) is 5.83. The van der Waals surface area contributed by atoms with Gasteiger partial charge in [0.15, 0.2) is 5.76 Å². The van der Waals surface area contributed by atoms with Crippen LogP contribution in [0.25, 0.3) is 11.5 Å². The molecule has 0 bridgehead atoms. The summed E-state index contributed by atoms with van der Waals surface area (Å²) in [6.07, 6.45) is 4.93. The molecule has 0 aliphatic carbocycles. The van der Waals surface area contributed by atoms with E-state index in [0.717, 1.165) is 21.9 Å². The first-order chi connectivity index (χ1) is 12.7. The topological polar surface area (TPSA) is 55.9 Å². The molecule has 1 aromatic carbocycles. The van der Waals surface area contributed by atoms with Crippen LogP contribution in [0.5, 0.6) is 0 Å². The lowest BCUT2D eigenvalue weighted by molar-refractivity contribution is 0.558. The number of aromatic nitrogens is 1. The molecule has 3 aromatic heterocycles. The van der Waals surface area contributed by atoms with Crippen molar-refractivity contribution in [1.29, 1.82) is 0 Å². The first kappa shape index (κ1) is 16.4. The van der Waals surface area contributed by atoms with Crippen LogP contribution in [0.15, 0.2) is 79.3 Å². The predicted molar refractivity (Wildman–Crippen MR) is 103 cm³/mol. The van der Waals surface area contributed by atoms with E-state index >= 15 is 0 Å². The van der Waals surface area contributed by atoms with Crippen LogP contribution in [-0.2, 0) is 0 Å². The molecule has 5 nitrogen and oxygen atoms in total. The van der Waals surface area contributed by atoms with Crippen molar-refractivity contribution in [3.8, 4) is 11.5 Å². The van der Waals surface area contributed by atoms with Crippen LogP contribution in [-0.4, -0.2) is 10.9 Å². The van der Waals surface area contributed by atoms with Gasteiger partial charge in [0.1, 0.15) is 11.5 Å². The summed E-state index contributed by atoms with van der Waals surface area (Å²) in [4.78, 5) is 5.52. The highest BCUT2D eigenvalue weighted by Crippen LogP contribution is 2.22. The number of hydrogen-bond donors (Lipinski definition) is 0. The van der Waals surface area contributed by atoms with Crippen molar-refractivity contribution < 1.29 is 8.83 Å². The summed E-state index contributed by atoms with van der Waals surface area (Å²) in [6.45, 7) is 4.17. The highest BCUT2D eigenvalue weighted by atomic mass is 32.1. The van der Waals surface area contributed by atoms with Crippen molar-refractivity contribution in [2.45, 2.75) is 13.8 Å². The number of rotatable bonds is 4. The molecule has 0 amide bonds. The normalized spacial score (nSPS) is 12.3. The lowest BCUT2D eigenvalue weighted by Gasteiger charge is -2.02. The van der Waals surface area contributed by atoms with E-state index in [2.05, 4.69) is 31.1 Å². The van der Waals surface area contributed by atoms with Crippen LogP contribution < -0.4 is 4.80 Å². The van der Waals surface area contributed by atoms with Crippen LogP contribution >= 0.6 is 11.3 Å². The van der Waals surface area contributed by atoms with Gasteiger partial charge in [-0.1, -0.05) is 6.07 Å². The van der Waals surface area contributed by atoms with Gasteiger partial charge in [-0.2, -0.15) is 5.10 Å². The van der Waals surface area contributed by atoms with Crippen LogP contribution in [0.1, 0.15) is 16.9 Å². The van der Waals surface area contributed by atoms with Gasteiger partial charge in [0.2, 0.25) is 4.80 Å². The Bertz CT molecular complexity index is 1100. The van der Waals surface area contributed by atoms with E-state index < -0.39 is 0 Å². The Hall–Kier alpha value is -3.12. The number of furan rings is 2. The van der Waals surface area contributed by atoms with E-state index in [9.17, 15) is 0 Å². The molecule has 0 fully saturated rings. The number of benzene rings is 1. The van der Waals surface area contributed by atoms with Gasteiger partial charge in [0.25, 0.3) is 0 Å². The van der Waals surface area contributed by atoms with Crippen molar-refractivity contribution >= 4 is 23.2 Å². The molecule has 0 saturated carbocycles. The molecule has 0 atom stereocenters. The molecule has 0 saturated heterocycles. The van der Waals surface area contributed by atoms with E-state index in [4.69, 9.17) is 13.8 Å². The Labute approximate surface area is 154 Å². The molecule has 6 heteroatoms.